The molecule has 0 N–H and O–H groups in total. The highest BCUT2D eigenvalue weighted by Gasteiger charge is 2.12. The van der Waals surface area contributed by atoms with Gasteiger partial charge in [0.1, 0.15) is 0 Å². The van der Waals surface area contributed by atoms with Crippen molar-refractivity contribution >= 4 is 21.7 Å². The van der Waals surface area contributed by atoms with E-state index in [1.165, 1.54) is 0 Å². The van der Waals surface area contributed by atoms with Crippen LogP contribution in [0, 0.1) is 13.8 Å². The van der Waals surface area contributed by atoms with Crippen molar-refractivity contribution in [3.63, 3.8) is 0 Å². The first-order chi connectivity index (χ1) is 8.08. The third-order valence-electron chi connectivity index (χ3n) is 2.62. The summed E-state index contributed by atoms with van der Waals surface area (Å²) < 4.78 is 0.909. The summed E-state index contributed by atoms with van der Waals surface area (Å²) in [7, 11) is 0. The molecule has 2 rings (SSSR count). The molecular weight excluding hydrogens is 278 g/mol. The molecular formula is C14H12BrNO. The molecule has 2 aromatic rings. The summed E-state index contributed by atoms with van der Waals surface area (Å²) in [5, 5.41) is 0. The molecule has 0 fully saturated rings. The van der Waals surface area contributed by atoms with Crippen molar-refractivity contribution in [1.82, 2.24) is 4.98 Å². The number of pyridine rings is 1. The average Bonchev–Trinajstić information content (AvgIpc) is 2.32. The summed E-state index contributed by atoms with van der Waals surface area (Å²) in [6, 6.07) is 9.36. The lowest BCUT2D eigenvalue weighted by atomic mass is 10.0. The molecule has 1 aromatic carbocycles. The Morgan fingerprint density at radius 1 is 1.18 bits per heavy atom. The molecule has 86 valence electrons. The van der Waals surface area contributed by atoms with E-state index >= 15 is 0 Å². The van der Waals surface area contributed by atoms with Crippen molar-refractivity contribution in [2.75, 3.05) is 0 Å². The van der Waals surface area contributed by atoms with E-state index in [4.69, 9.17) is 0 Å². The molecule has 1 heterocycles. The first kappa shape index (κ1) is 12.0. The quantitative estimate of drug-likeness (QED) is 0.789. The van der Waals surface area contributed by atoms with Crippen LogP contribution in [0.5, 0.6) is 0 Å². The standard InChI is InChI=1S/C14H12BrNO/c1-9-3-6-12(15)7-13(9)14(17)11-5-4-10(2)16-8-11/h3-8H,1-2H3. The van der Waals surface area contributed by atoms with Crippen LogP contribution in [0.4, 0.5) is 0 Å². The monoisotopic (exact) mass is 289 g/mol. The molecule has 0 aliphatic rings. The molecule has 0 amide bonds. The maximum atomic E-state index is 12.3. The van der Waals surface area contributed by atoms with E-state index in [9.17, 15) is 4.79 Å². The highest BCUT2D eigenvalue weighted by Crippen LogP contribution is 2.19. The van der Waals surface area contributed by atoms with Crippen molar-refractivity contribution in [1.29, 1.82) is 0 Å². The Morgan fingerprint density at radius 2 is 1.94 bits per heavy atom. The Balaban J connectivity index is 2.43. The van der Waals surface area contributed by atoms with Crippen LogP contribution in [0.15, 0.2) is 41.0 Å². The lowest BCUT2D eigenvalue weighted by Gasteiger charge is -2.05. The number of rotatable bonds is 2. The molecule has 0 spiro atoms. The highest BCUT2D eigenvalue weighted by molar-refractivity contribution is 9.10. The van der Waals surface area contributed by atoms with Crippen LogP contribution in [-0.2, 0) is 0 Å². The van der Waals surface area contributed by atoms with Gasteiger partial charge in [-0.05, 0) is 43.7 Å². The van der Waals surface area contributed by atoms with Crippen LogP contribution >= 0.6 is 15.9 Å². The number of aromatic nitrogens is 1. The average molecular weight is 290 g/mol. The Morgan fingerprint density at radius 3 is 2.59 bits per heavy atom. The van der Waals surface area contributed by atoms with Gasteiger partial charge in [-0.2, -0.15) is 0 Å². The topological polar surface area (TPSA) is 30.0 Å². The number of nitrogens with zero attached hydrogens (tertiary/aromatic N) is 1. The molecule has 0 aliphatic heterocycles. The number of ketones is 1. The van der Waals surface area contributed by atoms with Crippen LogP contribution in [0.3, 0.4) is 0 Å². The molecule has 0 radical (unpaired) electrons. The van der Waals surface area contributed by atoms with Crippen molar-refractivity contribution in [2.45, 2.75) is 13.8 Å². The number of benzene rings is 1. The molecule has 0 saturated heterocycles. The van der Waals surface area contributed by atoms with Gasteiger partial charge in [0.2, 0.25) is 0 Å². The van der Waals surface area contributed by atoms with Gasteiger partial charge < -0.3 is 0 Å². The van der Waals surface area contributed by atoms with Gasteiger partial charge in [0.25, 0.3) is 0 Å². The van der Waals surface area contributed by atoms with Crippen LogP contribution in [0.1, 0.15) is 27.2 Å². The summed E-state index contributed by atoms with van der Waals surface area (Å²) in [6.45, 7) is 3.83. The third-order valence-corrected chi connectivity index (χ3v) is 3.11. The molecule has 0 atom stereocenters. The van der Waals surface area contributed by atoms with Crippen LogP contribution in [-0.4, -0.2) is 10.8 Å². The fourth-order valence-corrected chi connectivity index (χ4v) is 1.96. The minimum absolute atomic E-state index is 0.0105. The first-order valence-corrected chi connectivity index (χ1v) is 6.11. The second-order valence-electron chi connectivity index (χ2n) is 3.98. The Labute approximate surface area is 109 Å². The molecule has 3 heteroatoms. The maximum Gasteiger partial charge on any atom is 0.194 e. The summed E-state index contributed by atoms with van der Waals surface area (Å²) in [6.07, 6.45) is 1.62. The predicted molar refractivity (Wildman–Crippen MR) is 71.3 cm³/mol. The first-order valence-electron chi connectivity index (χ1n) is 5.31. The number of carbonyl (C=O) groups excluding carboxylic acids is 1. The summed E-state index contributed by atoms with van der Waals surface area (Å²) in [4.78, 5) is 16.4. The number of hydrogen-bond donors (Lipinski definition) is 0. The second kappa shape index (κ2) is 4.80. The molecule has 2 nitrogen and oxygen atoms in total. The maximum absolute atomic E-state index is 12.3. The SMILES string of the molecule is Cc1ccc(C(=O)c2cc(Br)ccc2C)cn1. The van der Waals surface area contributed by atoms with Gasteiger partial charge >= 0.3 is 0 Å². The highest BCUT2D eigenvalue weighted by atomic mass is 79.9. The summed E-state index contributed by atoms with van der Waals surface area (Å²) in [5.74, 6) is 0.0105. The fraction of sp³-hybridized carbons (Fsp3) is 0.143. The predicted octanol–water partition coefficient (Wildman–Crippen LogP) is 3.69. The zero-order chi connectivity index (χ0) is 12.4. The van der Waals surface area contributed by atoms with Crippen molar-refractivity contribution in [2.24, 2.45) is 0 Å². The van der Waals surface area contributed by atoms with Crippen LogP contribution < -0.4 is 0 Å². The minimum Gasteiger partial charge on any atom is -0.289 e. The van der Waals surface area contributed by atoms with E-state index in [-0.39, 0.29) is 5.78 Å². The molecule has 0 saturated carbocycles. The molecule has 17 heavy (non-hydrogen) atoms. The lowest BCUT2D eigenvalue weighted by molar-refractivity contribution is 0.103. The van der Waals surface area contributed by atoms with E-state index < -0.39 is 0 Å². The number of halogens is 1. The molecule has 0 bridgehead atoms. The van der Waals surface area contributed by atoms with Gasteiger partial charge in [-0.1, -0.05) is 22.0 Å². The fourth-order valence-electron chi connectivity index (χ4n) is 1.60. The van der Waals surface area contributed by atoms with Gasteiger partial charge in [0.05, 0.1) is 0 Å². The number of aryl methyl sites for hydroxylation is 2. The third kappa shape index (κ3) is 2.61. The van der Waals surface area contributed by atoms with Crippen molar-refractivity contribution in [3.8, 4) is 0 Å². The van der Waals surface area contributed by atoms with E-state index in [2.05, 4.69) is 20.9 Å². The summed E-state index contributed by atoms with van der Waals surface area (Å²) >= 11 is 3.38. The molecule has 1 aromatic heterocycles. The van der Waals surface area contributed by atoms with E-state index in [1.807, 2.05) is 44.2 Å². The zero-order valence-electron chi connectivity index (χ0n) is 9.70. The van der Waals surface area contributed by atoms with Crippen LogP contribution in [0.2, 0.25) is 0 Å². The smallest absolute Gasteiger partial charge is 0.194 e. The zero-order valence-corrected chi connectivity index (χ0v) is 11.3. The lowest BCUT2D eigenvalue weighted by Crippen LogP contribution is -2.04. The van der Waals surface area contributed by atoms with Gasteiger partial charge in [-0.3, -0.25) is 9.78 Å². The summed E-state index contributed by atoms with van der Waals surface area (Å²) in [5.41, 5.74) is 3.22. The van der Waals surface area contributed by atoms with E-state index in [1.54, 1.807) is 6.20 Å². The van der Waals surface area contributed by atoms with E-state index in [0.29, 0.717) is 11.1 Å². The van der Waals surface area contributed by atoms with E-state index in [0.717, 1.165) is 15.7 Å². The Hall–Kier alpha value is -1.48. The molecule has 0 aliphatic carbocycles. The second-order valence-corrected chi connectivity index (χ2v) is 4.89. The van der Waals surface area contributed by atoms with Gasteiger partial charge in [0, 0.05) is 27.5 Å². The normalized spacial score (nSPS) is 10.3. The Kier molecular flexibility index (Phi) is 3.38. The molecule has 0 unspecified atom stereocenters. The Bertz CT molecular complexity index is 561. The number of carbonyl (C=O) groups is 1. The largest absolute Gasteiger partial charge is 0.289 e. The van der Waals surface area contributed by atoms with Crippen molar-refractivity contribution < 1.29 is 4.79 Å². The number of hydrogen-bond acceptors (Lipinski definition) is 2. The van der Waals surface area contributed by atoms with Gasteiger partial charge in [-0.15, -0.1) is 0 Å². The van der Waals surface area contributed by atoms with Gasteiger partial charge in [-0.25, -0.2) is 0 Å². The van der Waals surface area contributed by atoms with Crippen molar-refractivity contribution in [3.05, 3.63) is 63.4 Å². The van der Waals surface area contributed by atoms with Gasteiger partial charge in [0.15, 0.2) is 5.78 Å². The van der Waals surface area contributed by atoms with Crippen LogP contribution in [0.25, 0.3) is 0 Å². The minimum atomic E-state index is 0.0105.